The second-order valence-corrected chi connectivity index (χ2v) is 11.3. The molecule has 178 valence electrons. The van der Waals surface area contributed by atoms with Crippen LogP contribution in [0.25, 0.3) is 0 Å². The lowest BCUT2D eigenvalue weighted by Crippen LogP contribution is -2.35. The van der Waals surface area contributed by atoms with E-state index >= 15 is 0 Å². The highest BCUT2D eigenvalue weighted by atomic mass is 32.2. The van der Waals surface area contributed by atoms with Crippen molar-refractivity contribution in [3.05, 3.63) is 45.8 Å². The van der Waals surface area contributed by atoms with E-state index < -0.39 is 21.9 Å². The van der Waals surface area contributed by atoms with Crippen molar-refractivity contribution in [2.75, 3.05) is 38.6 Å². The lowest BCUT2D eigenvalue weighted by atomic mass is 10.0. The SMILES string of the molecule is CCN1CCc2c(sc(NC(=O)c3ccc(S(=O)(=O)N4CCCCC4)cc3)c2C(=O)OC)C1. The summed E-state index contributed by atoms with van der Waals surface area (Å²) in [6, 6.07) is 5.96. The molecule has 1 fully saturated rings. The summed E-state index contributed by atoms with van der Waals surface area (Å²) in [6.45, 7) is 5.65. The summed E-state index contributed by atoms with van der Waals surface area (Å²) in [4.78, 5) is 29.0. The van der Waals surface area contributed by atoms with Gasteiger partial charge in [-0.05, 0) is 55.6 Å². The van der Waals surface area contributed by atoms with Gasteiger partial charge in [0.2, 0.25) is 10.0 Å². The molecule has 2 aliphatic rings. The molecule has 3 heterocycles. The number of nitrogens with zero attached hydrogens (tertiary/aromatic N) is 2. The van der Waals surface area contributed by atoms with Gasteiger partial charge < -0.3 is 10.1 Å². The number of carbonyl (C=O) groups excluding carboxylic acids is 2. The Kier molecular flexibility index (Phi) is 7.18. The van der Waals surface area contributed by atoms with Crippen molar-refractivity contribution in [2.45, 2.75) is 44.0 Å². The van der Waals surface area contributed by atoms with Crippen molar-refractivity contribution in [1.29, 1.82) is 0 Å². The van der Waals surface area contributed by atoms with Crippen LogP contribution in [-0.2, 0) is 27.7 Å². The quantitative estimate of drug-likeness (QED) is 0.623. The van der Waals surface area contributed by atoms with Crippen LogP contribution in [0.2, 0.25) is 0 Å². The molecule has 0 aliphatic carbocycles. The molecule has 1 aromatic carbocycles. The van der Waals surface area contributed by atoms with Crippen molar-refractivity contribution in [1.82, 2.24) is 9.21 Å². The Labute approximate surface area is 198 Å². The average molecular weight is 492 g/mol. The molecule has 0 unspecified atom stereocenters. The zero-order chi connectivity index (χ0) is 23.6. The molecular weight excluding hydrogens is 462 g/mol. The number of benzene rings is 1. The minimum atomic E-state index is -3.56. The monoisotopic (exact) mass is 491 g/mol. The van der Waals surface area contributed by atoms with Gasteiger partial charge in [0.25, 0.3) is 5.91 Å². The molecule has 1 N–H and O–H groups in total. The van der Waals surface area contributed by atoms with E-state index in [0.717, 1.165) is 55.8 Å². The highest BCUT2D eigenvalue weighted by molar-refractivity contribution is 7.89. The number of hydrogen-bond acceptors (Lipinski definition) is 7. The van der Waals surface area contributed by atoms with Crippen LogP contribution in [0.5, 0.6) is 0 Å². The van der Waals surface area contributed by atoms with Gasteiger partial charge in [-0.1, -0.05) is 13.3 Å². The highest BCUT2D eigenvalue weighted by Crippen LogP contribution is 2.37. The molecule has 0 saturated carbocycles. The van der Waals surface area contributed by atoms with Crippen molar-refractivity contribution in [3.63, 3.8) is 0 Å². The molecule has 4 rings (SSSR count). The van der Waals surface area contributed by atoms with Crippen molar-refractivity contribution in [3.8, 4) is 0 Å². The fraction of sp³-hybridized carbons (Fsp3) is 0.478. The van der Waals surface area contributed by atoms with Gasteiger partial charge in [-0.15, -0.1) is 11.3 Å². The van der Waals surface area contributed by atoms with Crippen LogP contribution in [0, 0.1) is 0 Å². The third-order valence-corrected chi connectivity index (χ3v) is 9.31. The first-order valence-electron chi connectivity index (χ1n) is 11.2. The van der Waals surface area contributed by atoms with E-state index in [4.69, 9.17) is 4.74 Å². The average Bonchev–Trinajstić information content (AvgIpc) is 3.20. The lowest BCUT2D eigenvalue weighted by molar-refractivity contribution is 0.0600. The normalized spacial score (nSPS) is 17.4. The molecule has 33 heavy (non-hydrogen) atoms. The zero-order valence-corrected chi connectivity index (χ0v) is 20.6. The number of rotatable bonds is 6. The van der Waals surface area contributed by atoms with E-state index in [1.54, 1.807) is 0 Å². The van der Waals surface area contributed by atoms with Gasteiger partial charge in [-0.2, -0.15) is 4.31 Å². The van der Waals surface area contributed by atoms with Gasteiger partial charge in [0.1, 0.15) is 5.00 Å². The Morgan fingerprint density at radius 2 is 1.79 bits per heavy atom. The number of esters is 1. The molecule has 0 radical (unpaired) electrons. The summed E-state index contributed by atoms with van der Waals surface area (Å²) >= 11 is 1.40. The molecule has 0 spiro atoms. The number of piperidine rings is 1. The summed E-state index contributed by atoms with van der Waals surface area (Å²) in [7, 11) is -2.22. The summed E-state index contributed by atoms with van der Waals surface area (Å²) in [6.07, 6.45) is 3.50. The topological polar surface area (TPSA) is 96.0 Å². The highest BCUT2D eigenvalue weighted by Gasteiger charge is 2.29. The number of fused-ring (bicyclic) bond motifs is 1. The maximum atomic E-state index is 12.9. The van der Waals surface area contributed by atoms with E-state index in [1.165, 1.54) is 47.0 Å². The van der Waals surface area contributed by atoms with Crippen LogP contribution < -0.4 is 5.32 Å². The Bertz CT molecular complexity index is 1140. The number of likely N-dealkylation sites (N-methyl/N-ethyl adjacent to an activating group) is 1. The molecule has 2 aliphatic heterocycles. The van der Waals surface area contributed by atoms with Gasteiger partial charge >= 0.3 is 5.97 Å². The molecule has 8 nitrogen and oxygen atoms in total. The number of nitrogens with one attached hydrogen (secondary N) is 1. The number of carbonyl (C=O) groups is 2. The number of sulfonamides is 1. The molecule has 1 saturated heterocycles. The third kappa shape index (κ3) is 4.84. The Morgan fingerprint density at radius 1 is 1.09 bits per heavy atom. The maximum Gasteiger partial charge on any atom is 0.341 e. The van der Waals surface area contributed by atoms with E-state index in [2.05, 4.69) is 17.1 Å². The number of ether oxygens (including phenoxy) is 1. The second-order valence-electron chi connectivity index (χ2n) is 8.26. The second kappa shape index (κ2) is 9.92. The lowest BCUT2D eigenvalue weighted by Gasteiger charge is -2.25. The first kappa shape index (κ1) is 23.9. The standard InChI is InChI=1S/C23H29N3O5S2/c1-3-25-14-11-18-19(15-25)32-22(20(18)23(28)31-2)24-21(27)16-7-9-17(10-8-16)33(29,30)26-12-5-4-6-13-26/h7-10H,3-6,11-15H2,1-2H3,(H,24,27). The van der Waals surface area contributed by atoms with Crippen LogP contribution in [0.3, 0.4) is 0 Å². The van der Waals surface area contributed by atoms with Gasteiger partial charge in [-0.25, -0.2) is 13.2 Å². The summed E-state index contributed by atoms with van der Waals surface area (Å²) in [5.41, 5.74) is 1.69. The van der Waals surface area contributed by atoms with Gasteiger partial charge in [-0.3, -0.25) is 9.69 Å². The third-order valence-electron chi connectivity index (χ3n) is 6.27. The van der Waals surface area contributed by atoms with Crippen LogP contribution >= 0.6 is 11.3 Å². The number of anilines is 1. The van der Waals surface area contributed by atoms with E-state index in [1.807, 2.05) is 0 Å². The largest absolute Gasteiger partial charge is 0.465 e. The Hall–Kier alpha value is -2.27. The molecular formula is C23H29N3O5S2. The van der Waals surface area contributed by atoms with Crippen molar-refractivity contribution < 1.29 is 22.7 Å². The van der Waals surface area contributed by atoms with Crippen LogP contribution in [0.15, 0.2) is 29.2 Å². The minimum absolute atomic E-state index is 0.183. The zero-order valence-electron chi connectivity index (χ0n) is 18.9. The van der Waals surface area contributed by atoms with Crippen molar-refractivity contribution >= 4 is 38.2 Å². The first-order valence-corrected chi connectivity index (χ1v) is 13.5. The first-order chi connectivity index (χ1) is 15.8. The van der Waals surface area contributed by atoms with E-state index in [9.17, 15) is 18.0 Å². The Morgan fingerprint density at radius 3 is 2.42 bits per heavy atom. The van der Waals surface area contributed by atoms with Gasteiger partial charge in [0.05, 0.1) is 17.6 Å². The van der Waals surface area contributed by atoms with Crippen LogP contribution in [0.1, 0.15) is 57.3 Å². The summed E-state index contributed by atoms with van der Waals surface area (Å²) < 4.78 is 32.2. The minimum Gasteiger partial charge on any atom is -0.465 e. The Balaban J connectivity index is 1.55. The molecule has 0 bridgehead atoms. The molecule has 10 heteroatoms. The predicted molar refractivity (Wildman–Crippen MR) is 127 cm³/mol. The van der Waals surface area contributed by atoms with Crippen LogP contribution in [-0.4, -0.2) is 62.8 Å². The number of amides is 1. The number of methoxy groups -OCH3 is 1. The maximum absolute atomic E-state index is 12.9. The van der Waals surface area contributed by atoms with Crippen LogP contribution in [0.4, 0.5) is 5.00 Å². The predicted octanol–water partition coefficient (Wildman–Crippen LogP) is 3.34. The van der Waals surface area contributed by atoms with E-state index in [0.29, 0.717) is 29.2 Å². The summed E-state index contributed by atoms with van der Waals surface area (Å²) in [5.74, 6) is -0.858. The smallest absolute Gasteiger partial charge is 0.341 e. The number of hydrogen-bond donors (Lipinski definition) is 1. The van der Waals surface area contributed by atoms with Crippen molar-refractivity contribution in [2.24, 2.45) is 0 Å². The molecule has 1 aromatic heterocycles. The fourth-order valence-corrected chi connectivity index (χ4v) is 7.13. The number of thiophene rings is 1. The molecule has 1 amide bonds. The van der Waals surface area contributed by atoms with Gasteiger partial charge in [0.15, 0.2) is 0 Å². The molecule has 0 atom stereocenters. The summed E-state index contributed by atoms with van der Waals surface area (Å²) in [5, 5.41) is 3.33. The molecule has 2 aromatic rings. The van der Waals surface area contributed by atoms with E-state index in [-0.39, 0.29) is 4.90 Å². The van der Waals surface area contributed by atoms with Gasteiger partial charge in [0, 0.05) is 36.6 Å². The fourth-order valence-electron chi connectivity index (χ4n) is 4.34.